The molecule has 26 heavy (non-hydrogen) atoms. The van der Waals surface area contributed by atoms with Gasteiger partial charge in [0.2, 0.25) is 0 Å². The lowest BCUT2D eigenvalue weighted by Gasteiger charge is -2.17. The Labute approximate surface area is 172 Å². The summed E-state index contributed by atoms with van der Waals surface area (Å²) in [6.07, 6.45) is 0. The smallest absolute Gasteiger partial charge is 0.303 e. The van der Waals surface area contributed by atoms with E-state index in [-0.39, 0.29) is 10.7 Å². The van der Waals surface area contributed by atoms with Crippen LogP contribution < -0.4 is 20.8 Å². The number of hydrogen-bond donors (Lipinski definition) is 2. The van der Waals surface area contributed by atoms with Gasteiger partial charge in [0.15, 0.2) is 27.2 Å². The second-order valence-electron chi connectivity index (χ2n) is 4.66. The van der Waals surface area contributed by atoms with E-state index in [1.165, 1.54) is 7.87 Å². The van der Waals surface area contributed by atoms with Crippen LogP contribution in [0.2, 0.25) is 10.0 Å². The summed E-state index contributed by atoms with van der Waals surface area (Å²) in [5.41, 5.74) is 12.5. The maximum absolute atomic E-state index is 6.40. The first-order chi connectivity index (χ1) is 12.4. The molecule has 0 fully saturated rings. The normalized spacial score (nSPS) is 12.3. The van der Waals surface area contributed by atoms with Crippen molar-refractivity contribution in [3.8, 4) is 11.5 Å². The van der Waals surface area contributed by atoms with E-state index in [1.807, 2.05) is 0 Å². The monoisotopic (exact) mass is 489 g/mol. The molecule has 0 bridgehead atoms. The zero-order chi connectivity index (χ0) is 18.8. The zero-order valence-corrected chi connectivity index (χ0v) is 18.3. The minimum Gasteiger partial charge on any atom is -0.412 e. The molecule has 0 radical (unpaired) electrons. The second-order valence-corrected chi connectivity index (χ2v) is 11.4. The Balaban J connectivity index is 2.04. The van der Waals surface area contributed by atoms with Gasteiger partial charge in [-0.05, 0) is 35.5 Å². The highest BCUT2D eigenvalue weighted by molar-refractivity contribution is 7.78. The van der Waals surface area contributed by atoms with Crippen molar-refractivity contribution in [1.29, 1.82) is 0 Å². The number of aromatic nitrogens is 3. The Morgan fingerprint density at radius 3 is 2.54 bits per heavy atom. The predicted molar refractivity (Wildman–Crippen MR) is 112 cm³/mol. The number of hydrogen-bond acceptors (Lipinski definition) is 5. The third-order valence-electron chi connectivity index (χ3n) is 2.99. The molecule has 2 atom stereocenters. The van der Waals surface area contributed by atoms with Crippen LogP contribution in [0.1, 0.15) is 0 Å². The van der Waals surface area contributed by atoms with Gasteiger partial charge in [-0.25, -0.2) is 0 Å². The Bertz CT molecular complexity index is 997. The van der Waals surface area contributed by atoms with Gasteiger partial charge in [-0.1, -0.05) is 39.6 Å². The van der Waals surface area contributed by atoms with Crippen molar-refractivity contribution in [2.75, 3.05) is 11.5 Å². The molecule has 0 amide bonds. The molecule has 0 spiro atoms. The fourth-order valence-electron chi connectivity index (χ4n) is 1.75. The maximum atomic E-state index is 6.40. The molecule has 0 aliphatic carbocycles. The van der Waals surface area contributed by atoms with Crippen LogP contribution in [-0.4, -0.2) is 12.4 Å². The van der Waals surface area contributed by atoms with Gasteiger partial charge in [0, 0.05) is 11.8 Å². The van der Waals surface area contributed by atoms with E-state index in [0.29, 0.717) is 30.7 Å². The predicted octanol–water partition coefficient (Wildman–Crippen LogP) is 6.52. The topological polar surface area (TPSA) is 93.2 Å². The molecule has 1 heterocycles. The molecular formula is C12H10Cl4N5O2P3. The van der Waals surface area contributed by atoms with Crippen LogP contribution in [0.5, 0.6) is 11.5 Å². The van der Waals surface area contributed by atoms with Gasteiger partial charge in [-0.3, -0.25) is 0 Å². The summed E-state index contributed by atoms with van der Waals surface area (Å²) in [5.74, 6) is 0.708. The van der Waals surface area contributed by atoms with Crippen molar-refractivity contribution in [3.63, 3.8) is 0 Å². The largest absolute Gasteiger partial charge is 0.412 e. The van der Waals surface area contributed by atoms with Crippen molar-refractivity contribution in [3.05, 3.63) is 46.4 Å². The Kier molecular flexibility index (Phi) is 6.42. The van der Waals surface area contributed by atoms with Crippen LogP contribution in [0.4, 0.5) is 11.4 Å². The minimum absolute atomic E-state index is 0.194. The average molecular weight is 491 g/mol. The number of anilines is 2. The SMILES string of the molecule is Nc1ccccc1On1p(Oc2ccc(Cl)c(Cl)c2N)npn(Cl)p1Cl. The number of halogens is 4. The van der Waals surface area contributed by atoms with E-state index in [4.69, 9.17) is 67.0 Å². The standard InChI is InChI=1S/C12H10Cl4N5O2P3/c13-7-5-6-10(12(18)11(7)14)23-26-19-24-20(15)25(16)21(26)22-9-4-2-1-3-8(9)17/h1-6H,17-18H2. The lowest BCUT2D eigenvalue weighted by atomic mass is 10.3. The second kappa shape index (κ2) is 8.41. The molecule has 0 saturated heterocycles. The number of nitrogen functional groups attached to an aromatic ring is 2. The lowest BCUT2D eigenvalue weighted by Crippen LogP contribution is -2.07. The third kappa shape index (κ3) is 4.16. The fraction of sp³-hybridized carbons (Fsp3) is 0. The minimum atomic E-state index is -1.69. The van der Waals surface area contributed by atoms with Crippen LogP contribution in [0.15, 0.2) is 36.4 Å². The Morgan fingerprint density at radius 2 is 1.81 bits per heavy atom. The number of nitrogens with zero attached hydrogens (tertiary/aromatic N) is 3. The molecule has 1 aromatic heterocycles. The highest BCUT2D eigenvalue weighted by atomic mass is 35.7. The number of para-hydroxylation sites is 2. The van der Waals surface area contributed by atoms with Crippen molar-refractivity contribution in [2.45, 2.75) is 0 Å². The zero-order valence-electron chi connectivity index (χ0n) is 12.6. The first kappa shape index (κ1) is 19.9. The van der Waals surface area contributed by atoms with Gasteiger partial charge in [-0.2, -0.15) is 3.61 Å². The first-order valence-electron chi connectivity index (χ1n) is 6.75. The maximum Gasteiger partial charge on any atom is 0.303 e. The average Bonchev–Trinajstić information content (AvgIpc) is 2.63. The van der Waals surface area contributed by atoms with Crippen LogP contribution in [0.25, 0.3) is 0 Å². The quantitative estimate of drug-likeness (QED) is 0.406. The van der Waals surface area contributed by atoms with Crippen molar-refractivity contribution in [1.82, 2.24) is 12.4 Å². The summed E-state index contributed by atoms with van der Waals surface area (Å²) < 4.78 is 12.9. The van der Waals surface area contributed by atoms with Gasteiger partial charge in [0.25, 0.3) is 0 Å². The lowest BCUT2D eigenvalue weighted by molar-refractivity contribution is 0.268. The van der Waals surface area contributed by atoms with E-state index in [9.17, 15) is 0 Å². The molecule has 2 unspecified atom stereocenters. The summed E-state index contributed by atoms with van der Waals surface area (Å²) in [7, 11) is -2.86. The molecule has 2 aromatic carbocycles. The van der Waals surface area contributed by atoms with Crippen molar-refractivity contribution >= 4 is 81.4 Å². The molecule has 3 aromatic rings. The number of benzene rings is 2. The highest BCUT2D eigenvalue weighted by Crippen LogP contribution is 2.46. The molecule has 3 rings (SSSR count). The van der Waals surface area contributed by atoms with Crippen LogP contribution in [-0.2, 0) is 0 Å². The van der Waals surface area contributed by atoms with E-state index in [2.05, 4.69) is 4.51 Å². The summed E-state index contributed by atoms with van der Waals surface area (Å²) in [4.78, 5) is 5.83. The van der Waals surface area contributed by atoms with Crippen LogP contribution >= 0.6 is 70.0 Å². The Morgan fingerprint density at radius 1 is 1.08 bits per heavy atom. The Hall–Kier alpha value is -0.900. The van der Waals surface area contributed by atoms with Gasteiger partial charge in [0.05, 0.1) is 21.4 Å². The number of rotatable bonds is 4. The van der Waals surface area contributed by atoms with E-state index in [0.717, 1.165) is 0 Å². The molecule has 14 heteroatoms. The molecule has 0 saturated carbocycles. The highest BCUT2D eigenvalue weighted by Gasteiger charge is 2.17. The van der Waals surface area contributed by atoms with Crippen LogP contribution in [0.3, 0.4) is 0 Å². The van der Waals surface area contributed by atoms with E-state index >= 15 is 0 Å². The molecule has 0 aliphatic rings. The molecule has 4 N–H and O–H groups in total. The summed E-state index contributed by atoms with van der Waals surface area (Å²) >= 11 is 24.5. The number of nitrogens with two attached hydrogens (primary N) is 2. The molecule has 7 nitrogen and oxygen atoms in total. The summed E-state index contributed by atoms with van der Waals surface area (Å²) in [6, 6.07) is 10.1. The summed E-state index contributed by atoms with van der Waals surface area (Å²) in [6.45, 7) is 0. The van der Waals surface area contributed by atoms with E-state index in [1.54, 1.807) is 36.4 Å². The van der Waals surface area contributed by atoms with Crippen molar-refractivity contribution < 1.29 is 9.36 Å². The van der Waals surface area contributed by atoms with Gasteiger partial charge >= 0.3 is 8.08 Å². The van der Waals surface area contributed by atoms with Crippen LogP contribution in [0, 0.1) is 0 Å². The first-order valence-corrected chi connectivity index (χ1v) is 12.0. The summed E-state index contributed by atoms with van der Waals surface area (Å²) in [5, 5.41) is 0.514. The molecule has 138 valence electrons. The van der Waals surface area contributed by atoms with Gasteiger partial charge in [-0.15, -0.1) is 4.51 Å². The van der Waals surface area contributed by atoms with Gasteiger partial charge < -0.3 is 20.8 Å². The van der Waals surface area contributed by atoms with Gasteiger partial charge in [0.1, 0.15) is 0 Å². The third-order valence-corrected chi connectivity index (χ3v) is 10.3. The van der Waals surface area contributed by atoms with Crippen molar-refractivity contribution in [2.24, 2.45) is 0 Å². The molecule has 0 aliphatic heterocycles. The fourth-order valence-corrected chi connectivity index (χ4v) is 7.53. The van der Waals surface area contributed by atoms with E-state index < -0.39 is 15.3 Å². The molecular weight excluding hydrogens is 481 g/mol.